The van der Waals surface area contributed by atoms with Gasteiger partial charge < -0.3 is 15.5 Å². The summed E-state index contributed by atoms with van der Waals surface area (Å²) < 4.78 is 1.64. The molecule has 2 aliphatic carbocycles. The van der Waals surface area contributed by atoms with Gasteiger partial charge in [0.25, 0.3) is 0 Å². The van der Waals surface area contributed by atoms with Gasteiger partial charge in [-0.15, -0.1) is 5.10 Å². The standard InChI is InChI=1S/C24H29N9O2S/c1-3-9-36-24-27-22(26-16-10-14(16)13-7-5-4-6-8-13)18-23(28-24)33(32-30-18)17-11-15(19(34)20(17)35)21-25-12(2)29-31-21/h4-8,14-17,19-20,34-35H,3,9-11H2,1-2H3,(H,25,29,31)(H,26,27,28)/t14-,15-,16+,17+,19+,20-/m0/s1. The second-order valence-corrected chi connectivity index (χ2v) is 10.6. The molecule has 0 unspecified atom stereocenters. The van der Waals surface area contributed by atoms with Crippen molar-refractivity contribution in [2.45, 2.75) is 74.4 Å². The van der Waals surface area contributed by atoms with Gasteiger partial charge in [0.2, 0.25) is 0 Å². The number of nitrogens with one attached hydrogen (secondary N) is 2. The van der Waals surface area contributed by atoms with E-state index < -0.39 is 24.2 Å². The molecule has 0 spiro atoms. The summed E-state index contributed by atoms with van der Waals surface area (Å²) in [6.45, 7) is 3.90. The third-order valence-corrected chi connectivity index (χ3v) is 8.06. The maximum absolute atomic E-state index is 11.0. The van der Waals surface area contributed by atoms with Crippen LogP contribution < -0.4 is 5.32 Å². The molecule has 2 saturated carbocycles. The molecule has 4 N–H and O–H groups in total. The van der Waals surface area contributed by atoms with Crippen LogP contribution in [0.15, 0.2) is 35.5 Å². The fraction of sp³-hybridized carbons (Fsp3) is 0.500. The van der Waals surface area contributed by atoms with Crippen LogP contribution in [0.3, 0.4) is 0 Å². The highest BCUT2D eigenvalue weighted by Crippen LogP contribution is 2.44. The molecule has 2 aliphatic rings. The number of aliphatic hydroxyl groups is 2. The van der Waals surface area contributed by atoms with E-state index in [1.165, 1.54) is 5.56 Å². The number of hydrogen-bond acceptors (Lipinski definition) is 10. The van der Waals surface area contributed by atoms with Crippen LogP contribution in [0.2, 0.25) is 0 Å². The third kappa shape index (κ3) is 4.22. The quantitative estimate of drug-likeness (QED) is 0.207. The number of fused-ring (bicyclic) bond motifs is 1. The molecule has 11 nitrogen and oxygen atoms in total. The number of aryl methyl sites for hydroxylation is 1. The van der Waals surface area contributed by atoms with Crippen molar-refractivity contribution in [2.24, 2.45) is 0 Å². The first kappa shape index (κ1) is 23.3. The molecule has 3 heterocycles. The number of aromatic amines is 1. The number of rotatable bonds is 8. The van der Waals surface area contributed by atoms with Gasteiger partial charge in [0.15, 0.2) is 22.1 Å². The van der Waals surface area contributed by atoms with Crippen molar-refractivity contribution in [1.29, 1.82) is 0 Å². The smallest absolute Gasteiger partial charge is 0.191 e. The zero-order chi connectivity index (χ0) is 24.8. The fourth-order valence-corrected chi connectivity index (χ4v) is 5.74. The molecule has 2 fully saturated rings. The average molecular weight is 508 g/mol. The normalized spacial score (nSPS) is 27.6. The number of nitrogens with zero attached hydrogens (tertiary/aromatic N) is 7. The molecule has 0 aliphatic heterocycles. The summed E-state index contributed by atoms with van der Waals surface area (Å²) in [4.78, 5) is 13.9. The summed E-state index contributed by atoms with van der Waals surface area (Å²) in [6.07, 6.45) is 0.393. The second kappa shape index (κ2) is 9.41. The van der Waals surface area contributed by atoms with Gasteiger partial charge in [-0.3, -0.25) is 5.10 Å². The van der Waals surface area contributed by atoms with Gasteiger partial charge in [-0.25, -0.2) is 19.6 Å². The van der Waals surface area contributed by atoms with Gasteiger partial charge >= 0.3 is 0 Å². The van der Waals surface area contributed by atoms with Crippen LogP contribution in [-0.2, 0) is 0 Å². The van der Waals surface area contributed by atoms with E-state index in [2.05, 4.69) is 62.0 Å². The summed E-state index contributed by atoms with van der Waals surface area (Å²) in [5.74, 6) is 2.73. The minimum atomic E-state index is -1.05. The van der Waals surface area contributed by atoms with E-state index in [0.29, 0.717) is 46.1 Å². The number of thioether (sulfide) groups is 1. The van der Waals surface area contributed by atoms with Crippen molar-refractivity contribution in [3.63, 3.8) is 0 Å². The molecule has 0 radical (unpaired) electrons. The van der Waals surface area contributed by atoms with E-state index in [1.54, 1.807) is 23.4 Å². The topological polar surface area (TPSA) is 151 Å². The van der Waals surface area contributed by atoms with Crippen molar-refractivity contribution in [3.8, 4) is 0 Å². The Morgan fingerprint density at radius 1 is 1.08 bits per heavy atom. The molecule has 6 atom stereocenters. The Hall–Kier alpha value is -3.09. The Kier molecular flexibility index (Phi) is 6.10. The summed E-state index contributed by atoms with van der Waals surface area (Å²) in [5, 5.41) is 41.7. The van der Waals surface area contributed by atoms with Crippen molar-refractivity contribution in [2.75, 3.05) is 11.1 Å². The highest BCUT2D eigenvalue weighted by Gasteiger charge is 2.46. The molecule has 12 heteroatoms. The summed E-state index contributed by atoms with van der Waals surface area (Å²) in [6, 6.07) is 10.2. The van der Waals surface area contributed by atoms with Crippen LogP contribution in [0.1, 0.15) is 61.3 Å². The lowest BCUT2D eigenvalue weighted by molar-refractivity contribution is 0.0146. The Labute approximate surface area is 212 Å². The number of H-pyrrole nitrogens is 1. The predicted octanol–water partition coefficient (Wildman–Crippen LogP) is 2.57. The van der Waals surface area contributed by atoms with Gasteiger partial charge in [-0.2, -0.15) is 5.10 Å². The lowest BCUT2D eigenvalue weighted by Crippen LogP contribution is -2.29. The Bertz CT molecular complexity index is 1360. The molecule has 0 amide bonds. The fourth-order valence-electron chi connectivity index (χ4n) is 5.04. The number of benzene rings is 1. The maximum Gasteiger partial charge on any atom is 0.191 e. The lowest BCUT2D eigenvalue weighted by Gasteiger charge is -2.17. The van der Waals surface area contributed by atoms with E-state index in [1.807, 2.05) is 6.07 Å². The lowest BCUT2D eigenvalue weighted by atomic mass is 10.1. The highest BCUT2D eigenvalue weighted by atomic mass is 32.2. The number of aliphatic hydroxyl groups excluding tert-OH is 2. The van der Waals surface area contributed by atoms with Crippen LogP contribution in [-0.4, -0.2) is 74.4 Å². The molecule has 0 bridgehead atoms. The molecule has 36 heavy (non-hydrogen) atoms. The highest BCUT2D eigenvalue weighted by molar-refractivity contribution is 7.99. The minimum Gasteiger partial charge on any atom is -0.390 e. The number of hydrogen-bond donors (Lipinski definition) is 4. The van der Waals surface area contributed by atoms with E-state index in [-0.39, 0.29) is 6.04 Å². The zero-order valence-corrected chi connectivity index (χ0v) is 20.9. The summed E-state index contributed by atoms with van der Waals surface area (Å²) in [5.41, 5.74) is 2.42. The van der Waals surface area contributed by atoms with Gasteiger partial charge in [-0.05, 0) is 31.7 Å². The average Bonchev–Trinajstić information content (AvgIpc) is 3.16. The van der Waals surface area contributed by atoms with Crippen LogP contribution in [0.25, 0.3) is 11.2 Å². The largest absolute Gasteiger partial charge is 0.390 e. The van der Waals surface area contributed by atoms with E-state index in [9.17, 15) is 10.2 Å². The SMILES string of the molecule is CCCSc1nc(N[C@@H]2C[C@H]2c2ccccc2)c2nnn([C@@H]3C[C@H](c4nc(C)n[nH]4)[C@@H](O)[C@H]3O)c2n1. The van der Waals surface area contributed by atoms with Crippen LogP contribution >= 0.6 is 11.8 Å². The first-order chi connectivity index (χ1) is 17.5. The first-order valence-corrected chi connectivity index (χ1v) is 13.3. The van der Waals surface area contributed by atoms with Crippen molar-refractivity contribution < 1.29 is 10.2 Å². The second-order valence-electron chi connectivity index (χ2n) is 9.57. The minimum absolute atomic E-state index is 0.262. The zero-order valence-electron chi connectivity index (χ0n) is 20.1. The van der Waals surface area contributed by atoms with Gasteiger partial charge in [0, 0.05) is 23.6 Å². The summed E-state index contributed by atoms with van der Waals surface area (Å²) >= 11 is 1.58. The number of anilines is 1. The van der Waals surface area contributed by atoms with Crippen molar-refractivity contribution in [1.82, 2.24) is 40.1 Å². The maximum atomic E-state index is 11.0. The molecule has 188 valence electrons. The van der Waals surface area contributed by atoms with Gasteiger partial charge in [0.05, 0.1) is 12.1 Å². The van der Waals surface area contributed by atoms with E-state index in [0.717, 1.165) is 18.6 Å². The molecular formula is C24H29N9O2S. The molecule has 1 aromatic carbocycles. The van der Waals surface area contributed by atoms with Crippen LogP contribution in [0.5, 0.6) is 0 Å². The van der Waals surface area contributed by atoms with Crippen molar-refractivity contribution >= 4 is 28.7 Å². The van der Waals surface area contributed by atoms with Crippen LogP contribution in [0, 0.1) is 6.92 Å². The van der Waals surface area contributed by atoms with E-state index >= 15 is 0 Å². The number of aromatic nitrogens is 8. The van der Waals surface area contributed by atoms with Gasteiger partial charge in [-0.1, -0.05) is 54.2 Å². The van der Waals surface area contributed by atoms with E-state index in [4.69, 9.17) is 9.97 Å². The summed E-state index contributed by atoms with van der Waals surface area (Å²) in [7, 11) is 0. The molecule has 3 aromatic heterocycles. The Balaban J connectivity index is 1.32. The molecule has 4 aromatic rings. The molecular weight excluding hydrogens is 478 g/mol. The Morgan fingerprint density at radius 2 is 1.92 bits per heavy atom. The van der Waals surface area contributed by atoms with Crippen LogP contribution in [0.4, 0.5) is 5.82 Å². The molecule has 6 rings (SSSR count). The Morgan fingerprint density at radius 3 is 2.67 bits per heavy atom. The van der Waals surface area contributed by atoms with Gasteiger partial charge in [0.1, 0.15) is 17.8 Å². The monoisotopic (exact) mass is 507 g/mol. The molecule has 0 saturated heterocycles. The first-order valence-electron chi connectivity index (χ1n) is 12.4. The third-order valence-electron chi connectivity index (χ3n) is 7.01. The van der Waals surface area contributed by atoms with Crippen molar-refractivity contribution in [3.05, 3.63) is 47.5 Å². The predicted molar refractivity (Wildman–Crippen MR) is 135 cm³/mol.